The van der Waals surface area contributed by atoms with Crippen molar-refractivity contribution in [2.45, 2.75) is 19.1 Å². The highest BCUT2D eigenvalue weighted by Crippen LogP contribution is 2.34. The number of hydrogen-bond acceptors (Lipinski definition) is 5. The molecule has 7 heteroatoms. The highest BCUT2D eigenvalue weighted by molar-refractivity contribution is 7.88. The lowest BCUT2D eigenvalue weighted by Gasteiger charge is -2.35. The Bertz CT molecular complexity index is 558. The fraction of sp³-hybridized carbons (Fsp3) is 0.714. The summed E-state index contributed by atoms with van der Waals surface area (Å²) >= 11 is 0. The van der Waals surface area contributed by atoms with E-state index in [-0.39, 0.29) is 6.10 Å². The molecule has 2 aliphatic rings. The Hall–Kier alpha value is -0.890. The van der Waals surface area contributed by atoms with Gasteiger partial charge in [-0.3, -0.25) is 4.90 Å². The van der Waals surface area contributed by atoms with Crippen molar-refractivity contribution in [3.8, 4) is 0 Å². The van der Waals surface area contributed by atoms with Gasteiger partial charge < -0.3 is 9.15 Å². The molecule has 0 saturated carbocycles. The fourth-order valence-electron chi connectivity index (χ4n) is 3.33. The number of ether oxygens (including phenoxy) is 1. The molecule has 0 bridgehead atoms. The van der Waals surface area contributed by atoms with E-state index in [9.17, 15) is 8.42 Å². The lowest BCUT2D eigenvalue weighted by Crippen LogP contribution is -2.44. The molecule has 1 N–H and O–H groups in total. The molecule has 1 aromatic heterocycles. The number of nitrogens with one attached hydrogen (secondary N) is 1. The van der Waals surface area contributed by atoms with Gasteiger partial charge in [-0.2, -0.15) is 0 Å². The van der Waals surface area contributed by atoms with E-state index in [2.05, 4.69) is 9.62 Å². The van der Waals surface area contributed by atoms with Crippen LogP contribution in [0.25, 0.3) is 0 Å². The van der Waals surface area contributed by atoms with E-state index in [0.717, 1.165) is 32.7 Å². The molecule has 0 aliphatic carbocycles. The Morgan fingerprint density at radius 3 is 3.05 bits per heavy atom. The van der Waals surface area contributed by atoms with Crippen LogP contribution in [0.3, 0.4) is 0 Å². The molecule has 2 fully saturated rings. The van der Waals surface area contributed by atoms with Crippen LogP contribution in [0, 0.1) is 11.8 Å². The van der Waals surface area contributed by atoms with Crippen molar-refractivity contribution < 1.29 is 17.6 Å². The molecule has 3 heterocycles. The van der Waals surface area contributed by atoms with Crippen LogP contribution in [-0.2, 0) is 21.3 Å². The first-order valence-corrected chi connectivity index (χ1v) is 9.20. The Labute approximate surface area is 125 Å². The van der Waals surface area contributed by atoms with E-state index >= 15 is 0 Å². The van der Waals surface area contributed by atoms with Crippen LogP contribution >= 0.6 is 0 Å². The van der Waals surface area contributed by atoms with Gasteiger partial charge in [0.2, 0.25) is 10.0 Å². The monoisotopic (exact) mass is 314 g/mol. The predicted octanol–water partition coefficient (Wildman–Crippen LogP) is 0.666. The van der Waals surface area contributed by atoms with Gasteiger partial charge in [0.15, 0.2) is 0 Å². The first-order chi connectivity index (χ1) is 10.0. The molecule has 3 atom stereocenters. The van der Waals surface area contributed by atoms with Crippen molar-refractivity contribution in [1.82, 2.24) is 9.62 Å². The van der Waals surface area contributed by atoms with E-state index in [1.54, 1.807) is 12.5 Å². The summed E-state index contributed by atoms with van der Waals surface area (Å²) in [6.45, 7) is 4.01. The van der Waals surface area contributed by atoms with Crippen LogP contribution < -0.4 is 4.72 Å². The Morgan fingerprint density at radius 1 is 1.48 bits per heavy atom. The summed E-state index contributed by atoms with van der Waals surface area (Å²) in [6, 6.07) is 1.99. The molecule has 1 aromatic rings. The summed E-state index contributed by atoms with van der Waals surface area (Å²) < 4.78 is 36.0. The standard InChI is InChI=1S/C14H22N2O4S/c1-21(17,18)15-6-14-13-8-16(4-2-12(13)10-20-14)7-11-3-5-19-9-11/h3,5,9,12-15H,2,4,6-8,10H2,1H3/t12-,13-,14+/m0/s1. The summed E-state index contributed by atoms with van der Waals surface area (Å²) in [5.74, 6) is 0.955. The number of piperidine rings is 1. The molecule has 2 aliphatic heterocycles. The van der Waals surface area contributed by atoms with Gasteiger partial charge >= 0.3 is 0 Å². The Morgan fingerprint density at radius 2 is 2.33 bits per heavy atom. The Kier molecular flexibility index (Phi) is 4.35. The van der Waals surface area contributed by atoms with Gasteiger partial charge in [0.05, 0.1) is 31.5 Å². The summed E-state index contributed by atoms with van der Waals surface area (Å²) in [5, 5.41) is 0. The first kappa shape index (κ1) is 15.0. The van der Waals surface area contributed by atoms with E-state index < -0.39 is 10.0 Å². The summed E-state index contributed by atoms with van der Waals surface area (Å²) in [4.78, 5) is 2.40. The van der Waals surface area contributed by atoms with E-state index in [4.69, 9.17) is 9.15 Å². The maximum Gasteiger partial charge on any atom is 0.208 e. The maximum absolute atomic E-state index is 11.2. The highest BCUT2D eigenvalue weighted by atomic mass is 32.2. The third kappa shape index (κ3) is 3.85. The third-order valence-electron chi connectivity index (χ3n) is 4.43. The predicted molar refractivity (Wildman–Crippen MR) is 78.2 cm³/mol. The van der Waals surface area contributed by atoms with Crippen LogP contribution in [0.4, 0.5) is 0 Å². The number of fused-ring (bicyclic) bond motifs is 1. The molecule has 6 nitrogen and oxygen atoms in total. The normalized spacial score (nSPS) is 30.4. The molecule has 0 aromatic carbocycles. The van der Waals surface area contributed by atoms with Crippen molar-refractivity contribution >= 4 is 10.0 Å². The van der Waals surface area contributed by atoms with Crippen LogP contribution in [0.5, 0.6) is 0 Å². The van der Waals surface area contributed by atoms with Gasteiger partial charge in [-0.1, -0.05) is 0 Å². The van der Waals surface area contributed by atoms with E-state index in [0.29, 0.717) is 18.4 Å². The molecule has 0 radical (unpaired) electrons. The molecule has 0 amide bonds. The van der Waals surface area contributed by atoms with Crippen LogP contribution in [-0.4, -0.2) is 51.9 Å². The molecule has 118 valence electrons. The minimum atomic E-state index is -3.16. The number of rotatable bonds is 5. The minimum absolute atomic E-state index is 0.0168. The molecule has 21 heavy (non-hydrogen) atoms. The average Bonchev–Trinajstić information content (AvgIpc) is 3.05. The molecular formula is C14H22N2O4S. The largest absolute Gasteiger partial charge is 0.472 e. The zero-order valence-corrected chi connectivity index (χ0v) is 13.0. The van der Waals surface area contributed by atoms with E-state index in [1.165, 1.54) is 11.8 Å². The van der Waals surface area contributed by atoms with Gasteiger partial charge in [0.1, 0.15) is 0 Å². The number of nitrogens with zero attached hydrogens (tertiary/aromatic N) is 1. The second kappa shape index (κ2) is 6.08. The lowest BCUT2D eigenvalue weighted by atomic mass is 9.84. The summed E-state index contributed by atoms with van der Waals surface area (Å²) in [6.07, 6.45) is 5.75. The minimum Gasteiger partial charge on any atom is -0.472 e. The van der Waals surface area contributed by atoms with Gasteiger partial charge in [0.25, 0.3) is 0 Å². The molecule has 2 saturated heterocycles. The van der Waals surface area contributed by atoms with Crippen LogP contribution in [0.2, 0.25) is 0 Å². The topological polar surface area (TPSA) is 71.8 Å². The smallest absolute Gasteiger partial charge is 0.208 e. The van der Waals surface area contributed by atoms with Crippen molar-refractivity contribution in [1.29, 1.82) is 0 Å². The van der Waals surface area contributed by atoms with Crippen molar-refractivity contribution in [2.75, 3.05) is 32.5 Å². The number of hydrogen-bond donors (Lipinski definition) is 1. The summed E-state index contributed by atoms with van der Waals surface area (Å²) in [5.41, 5.74) is 1.18. The van der Waals surface area contributed by atoms with Crippen molar-refractivity contribution in [3.05, 3.63) is 24.2 Å². The summed E-state index contributed by atoms with van der Waals surface area (Å²) in [7, 11) is -3.16. The quantitative estimate of drug-likeness (QED) is 0.865. The van der Waals surface area contributed by atoms with Gasteiger partial charge in [-0.15, -0.1) is 0 Å². The first-order valence-electron chi connectivity index (χ1n) is 7.31. The maximum atomic E-state index is 11.2. The number of furan rings is 1. The zero-order valence-electron chi connectivity index (χ0n) is 12.2. The van der Waals surface area contributed by atoms with Crippen molar-refractivity contribution in [3.63, 3.8) is 0 Å². The van der Waals surface area contributed by atoms with E-state index in [1.807, 2.05) is 6.07 Å². The van der Waals surface area contributed by atoms with Crippen molar-refractivity contribution in [2.24, 2.45) is 11.8 Å². The zero-order chi connectivity index (χ0) is 14.9. The molecule has 0 spiro atoms. The van der Waals surface area contributed by atoms with Crippen LogP contribution in [0.1, 0.15) is 12.0 Å². The molecular weight excluding hydrogens is 292 g/mol. The number of likely N-dealkylation sites (tertiary alicyclic amines) is 1. The van der Waals surface area contributed by atoms with Gasteiger partial charge in [-0.05, 0) is 24.9 Å². The third-order valence-corrected chi connectivity index (χ3v) is 5.12. The number of sulfonamides is 1. The lowest BCUT2D eigenvalue weighted by molar-refractivity contribution is 0.0776. The second-order valence-corrected chi connectivity index (χ2v) is 7.90. The van der Waals surface area contributed by atoms with Gasteiger partial charge in [0, 0.05) is 31.1 Å². The van der Waals surface area contributed by atoms with Gasteiger partial charge in [-0.25, -0.2) is 13.1 Å². The second-order valence-electron chi connectivity index (χ2n) is 6.07. The average molecular weight is 314 g/mol. The fourth-order valence-corrected chi connectivity index (χ4v) is 3.80. The molecule has 3 rings (SSSR count). The Balaban J connectivity index is 1.58. The highest BCUT2D eigenvalue weighted by Gasteiger charge is 2.40. The SMILES string of the molecule is CS(=O)(=O)NC[C@H]1OC[C@@H]2CCN(Cc3ccoc3)C[C@@H]21. The molecule has 0 unspecified atom stereocenters. The van der Waals surface area contributed by atoms with Crippen LogP contribution in [0.15, 0.2) is 23.0 Å².